The summed E-state index contributed by atoms with van der Waals surface area (Å²) in [5.41, 5.74) is 0. The van der Waals surface area contributed by atoms with Gasteiger partial charge in [0.05, 0.1) is 0 Å². The molecule has 0 amide bonds. The number of ether oxygens (including phenoxy) is 1. The maximum absolute atomic E-state index is 13.1. The molecule has 0 aromatic heterocycles. The highest BCUT2D eigenvalue weighted by Crippen LogP contribution is 2.59. The number of hydrogen-bond acceptors (Lipinski definition) is 1. The van der Waals surface area contributed by atoms with E-state index >= 15 is 0 Å². The molecular weight excluding hydrogens is 404 g/mol. The minimum atomic E-state index is -8.26. The average molecular weight is 404 g/mol. The first-order chi connectivity index (χ1) is 9.96. The molecule has 0 fully saturated rings. The predicted octanol–water partition coefficient (Wildman–Crippen LogP) is 5.22. The minimum Gasteiger partial charge on any atom is -0.262 e. The molecule has 0 aromatic carbocycles. The molecule has 1 nitrogen and oxygen atoms in total. The first-order valence-corrected chi connectivity index (χ1v) is 4.68. The number of rotatable bonds is 4. The molecule has 0 aliphatic heterocycles. The lowest BCUT2D eigenvalue weighted by atomic mass is 10.0. The van der Waals surface area contributed by atoms with E-state index in [2.05, 4.69) is 0 Å². The number of alkyl halides is 16. The highest BCUT2D eigenvalue weighted by Gasteiger charge is 2.90. The first kappa shape index (κ1) is 22.8. The van der Waals surface area contributed by atoms with E-state index in [1.807, 2.05) is 0 Å². The summed E-state index contributed by atoms with van der Waals surface area (Å²) in [6.45, 7) is 0. The molecule has 0 aliphatic rings. The number of hydrogen-bond donors (Lipinski definition) is 0. The SMILES string of the molecule is FC(F)(F)C(F)(F)OC(F)(C(F)(F)F)C(F)(F)C(F)(F)C(F)(F)F. The van der Waals surface area contributed by atoms with Crippen LogP contribution in [0, 0.1) is 0 Å². The molecule has 0 rings (SSSR count). The highest BCUT2D eigenvalue weighted by molar-refractivity contribution is 5.05. The third-order valence-corrected chi connectivity index (χ3v) is 2.12. The van der Waals surface area contributed by atoms with Crippen LogP contribution in [0.1, 0.15) is 0 Å². The van der Waals surface area contributed by atoms with Crippen molar-refractivity contribution < 1.29 is 75.0 Å². The van der Waals surface area contributed by atoms with Crippen LogP contribution in [0.4, 0.5) is 70.2 Å². The van der Waals surface area contributed by atoms with E-state index < -0.39 is 42.3 Å². The Hall–Kier alpha value is -1.16. The summed E-state index contributed by atoms with van der Waals surface area (Å²) in [5.74, 6) is -24.4. The summed E-state index contributed by atoms with van der Waals surface area (Å²) in [6.07, 6.45) is -30.4. The Bertz CT molecular complexity index is 453. The second kappa shape index (κ2) is 5.42. The van der Waals surface area contributed by atoms with Gasteiger partial charge in [-0.2, -0.15) is 70.2 Å². The van der Waals surface area contributed by atoms with Gasteiger partial charge < -0.3 is 0 Å². The molecule has 17 heteroatoms. The fourth-order valence-electron chi connectivity index (χ4n) is 0.914. The zero-order valence-corrected chi connectivity index (χ0v) is 9.96. The molecule has 0 spiro atoms. The maximum Gasteiger partial charge on any atom is 0.483 e. The van der Waals surface area contributed by atoms with Gasteiger partial charge in [0, 0.05) is 0 Å². The van der Waals surface area contributed by atoms with Crippen molar-refractivity contribution in [1.29, 1.82) is 0 Å². The fraction of sp³-hybridized carbons (Fsp3) is 1.00. The Balaban J connectivity index is 6.43. The van der Waals surface area contributed by atoms with Gasteiger partial charge in [0.1, 0.15) is 0 Å². The van der Waals surface area contributed by atoms with Crippen LogP contribution in [0.15, 0.2) is 0 Å². The van der Waals surface area contributed by atoms with E-state index in [1.165, 1.54) is 0 Å². The summed E-state index contributed by atoms with van der Waals surface area (Å²) in [4.78, 5) is 0. The van der Waals surface area contributed by atoms with Crippen molar-refractivity contribution in [3.8, 4) is 0 Å². The topological polar surface area (TPSA) is 9.23 Å². The lowest BCUT2D eigenvalue weighted by molar-refractivity contribution is -0.525. The van der Waals surface area contributed by atoms with Crippen molar-refractivity contribution in [1.82, 2.24) is 0 Å². The summed E-state index contributed by atoms with van der Waals surface area (Å²) < 4.78 is 195. The van der Waals surface area contributed by atoms with Crippen molar-refractivity contribution >= 4 is 0 Å². The van der Waals surface area contributed by atoms with Crippen LogP contribution in [0.5, 0.6) is 0 Å². The molecule has 0 saturated heterocycles. The van der Waals surface area contributed by atoms with Gasteiger partial charge in [-0.25, -0.2) is 0 Å². The Morgan fingerprint density at radius 2 is 0.708 bits per heavy atom. The van der Waals surface area contributed by atoms with E-state index in [1.54, 1.807) is 0 Å². The molecule has 1 atom stereocenters. The zero-order chi connectivity index (χ0) is 20.2. The van der Waals surface area contributed by atoms with E-state index in [9.17, 15) is 70.2 Å². The van der Waals surface area contributed by atoms with Crippen LogP contribution < -0.4 is 0 Å². The zero-order valence-electron chi connectivity index (χ0n) is 9.96. The van der Waals surface area contributed by atoms with Crippen LogP contribution in [0.25, 0.3) is 0 Å². The summed E-state index contributed by atoms with van der Waals surface area (Å²) in [6, 6.07) is 0. The van der Waals surface area contributed by atoms with Gasteiger partial charge in [-0.3, -0.25) is 4.74 Å². The molecular formula is C7F16O. The Labute approximate surface area is 119 Å². The highest BCUT2D eigenvalue weighted by atomic mass is 19.4. The van der Waals surface area contributed by atoms with Crippen molar-refractivity contribution in [2.24, 2.45) is 0 Å². The largest absolute Gasteiger partial charge is 0.483 e. The maximum atomic E-state index is 13.1. The van der Waals surface area contributed by atoms with Crippen LogP contribution in [0.3, 0.4) is 0 Å². The Kier molecular flexibility index (Phi) is 5.16. The third-order valence-electron chi connectivity index (χ3n) is 2.12. The lowest BCUT2D eigenvalue weighted by Crippen LogP contribution is -2.70. The smallest absolute Gasteiger partial charge is 0.262 e. The van der Waals surface area contributed by atoms with Crippen LogP contribution in [-0.4, -0.2) is 42.3 Å². The molecule has 0 aliphatic carbocycles. The third kappa shape index (κ3) is 3.30. The summed E-state index contributed by atoms with van der Waals surface area (Å²) in [7, 11) is 0. The van der Waals surface area contributed by atoms with Gasteiger partial charge in [0.25, 0.3) is 0 Å². The van der Waals surface area contributed by atoms with Gasteiger partial charge in [0.2, 0.25) is 0 Å². The lowest BCUT2D eigenvalue weighted by Gasteiger charge is -2.40. The van der Waals surface area contributed by atoms with Gasteiger partial charge in [-0.05, 0) is 0 Å². The molecule has 1 unspecified atom stereocenters. The molecule has 0 saturated carbocycles. The second-order valence-electron chi connectivity index (χ2n) is 3.86. The molecule has 146 valence electrons. The van der Waals surface area contributed by atoms with E-state index in [-0.39, 0.29) is 0 Å². The van der Waals surface area contributed by atoms with Crippen molar-refractivity contribution in [2.45, 2.75) is 42.3 Å². The van der Waals surface area contributed by atoms with E-state index in [0.717, 1.165) is 4.74 Å². The molecule has 0 radical (unpaired) electrons. The van der Waals surface area contributed by atoms with Gasteiger partial charge in [-0.1, -0.05) is 0 Å². The normalized spacial score (nSPS) is 18.5. The van der Waals surface area contributed by atoms with Gasteiger partial charge in [-0.15, -0.1) is 0 Å². The van der Waals surface area contributed by atoms with E-state index in [0.29, 0.717) is 0 Å². The second-order valence-corrected chi connectivity index (χ2v) is 3.86. The standard InChI is InChI=1S/C7F16O/c8-1(9,2(10,11)4(13,14)15)3(12,5(16,17)18)24-7(22,23)6(19,20)21. The average Bonchev–Trinajstić information content (AvgIpc) is 2.22. The first-order valence-electron chi connectivity index (χ1n) is 4.68. The fourth-order valence-corrected chi connectivity index (χ4v) is 0.914. The van der Waals surface area contributed by atoms with Crippen LogP contribution in [-0.2, 0) is 4.74 Å². The van der Waals surface area contributed by atoms with Crippen molar-refractivity contribution in [2.75, 3.05) is 0 Å². The quantitative estimate of drug-likeness (QED) is 0.585. The monoisotopic (exact) mass is 404 g/mol. The Morgan fingerprint density at radius 1 is 0.375 bits per heavy atom. The van der Waals surface area contributed by atoms with Crippen LogP contribution in [0.2, 0.25) is 0 Å². The number of halogens is 16. The molecule has 24 heavy (non-hydrogen) atoms. The molecule has 0 N–H and O–H groups in total. The predicted molar refractivity (Wildman–Crippen MR) is 37.9 cm³/mol. The van der Waals surface area contributed by atoms with Crippen molar-refractivity contribution in [3.63, 3.8) is 0 Å². The van der Waals surface area contributed by atoms with Gasteiger partial charge in [0.15, 0.2) is 0 Å². The molecule has 0 heterocycles. The summed E-state index contributed by atoms with van der Waals surface area (Å²) in [5, 5.41) is 0. The van der Waals surface area contributed by atoms with Crippen LogP contribution >= 0.6 is 0 Å². The minimum absolute atomic E-state index is 1.12. The molecule has 0 bridgehead atoms. The summed E-state index contributed by atoms with van der Waals surface area (Å²) >= 11 is 0. The van der Waals surface area contributed by atoms with Gasteiger partial charge >= 0.3 is 42.3 Å². The van der Waals surface area contributed by atoms with Crippen molar-refractivity contribution in [3.05, 3.63) is 0 Å². The molecule has 0 aromatic rings. The van der Waals surface area contributed by atoms with E-state index in [4.69, 9.17) is 0 Å². The Morgan fingerprint density at radius 3 is 0.917 bits per heavy atom.